The predicted molar refractivity (Wildman–Crippen MR) is 65.9 cm³/mol. The van der Waals surface area contributed by atoms with Gasteiger partial charge in [-0.3, -0.25) is 5.10 Å². The van der Waals surface area contributed by atoms with Crippen LogP contribution in [0, 0.1) is 0 Å². The van der Waals surface area contributed by atoms with Crippen molar-refractivity contribution in [2.45, 2.75) is 0 Å². The van der Waals surface area contributed by atoms with E-state index >= 15 is 0 Å². The first-order valence-corrected chi connectivity index (χ1v) is 5.06. The number of nitrogens with two attached hydrogens (primary N) is 2. The van der Waals surface area contributed by atoms with Gasteiger partial charge in [0.1, 0.15) is 5.82 Å². The highest BCUT2D eigenvalue weighted by Gasteiger charge is 2.07. The summed E-state index contributed by atoms with van der Waals surface area (Å²) in [6, 6.07) is 7.42. The Kier molecular flexibility index (Phi) is 1.94. The number of anilines is 2. The Hall–Kier alpha value is -2.63. The van der Waals surface area contributed by atoms with Crippen molar-refractivity contribution in [2.24, 2.45) is 0 Å². The zero-order valence-corrected chi connectivity index (χ0v) is 8.88. The van der Waals surface area contributed by atoms with E-state index in [-0.39, 0.29) is 0 Å². The molecule has 3 aromatic rings. The standard InChI is InChI=1S/C11H10N6/c12-7-3-1-6(2-4-7)8-5-14-11-9(15-8)10(13)16-17-11/h1-5H,12H2,(H3,13,14,16,17). The Bertz CT molecular complexity index is 670. The molecule has 0 atom stereocenters. The van der Waals surface area contributed by atoms with Crippen LogP contribution in [0.15, 0.2) is 30.5 Å². The zero-order chi connectivity index (χ0) is 11.8. The Morgan fingerprint density at radius 1 is 1.06 bits per heavy atom. The Morgan fingerprint density at radius 3 is 2.59 bits per heavy atom. The molecule has 0 saturated heterocycles. The van der Waals surface area contributed by atoms with Crippen LogP contribution in [0.4, 0.5) is 11.5 Å². The number of nitrogens with one attached hydrogen (secondary N) is 1. The van der Waals surface area contributed by atoms with Crippen molar-refractivity contribution >= 4 is 22.7 Å². The minimum atomic E-state index is 0.421. The minimum Gasteiger partial charge on any atom is -0.399 e. The third kappa shape index (κ3) is 1.55. The molecule has 17 heavy (non-hydrogen) atoms. The SMILES string of the molecule is Nc1ccc(-c2cnc3n[nH]c(N)c3n2)cc1. The van der Waals surface area contributed by atoms with E-state index in [9.17, 15) is 0 Å². The second kappa shape index (κ2) is 3.44. The number of hydrogen-bond donors (Lipinski definition) is 3. The molecule has 0 amide bonds. The normalized spacial score (nSPS) is 10.8. The summed E-state index contributed by atoms with van der Waals surface area (Å²) in [6.07, 6.45) is 1.66. The fraction of sp³-hybridized carbons (Fsp3) is 0. The summed E-state index contributed by atoms with van der Waals surface area (Å²) in [5.74, 6) is 0.421. The fourth-order valence-corrected chi connectivity index (χ4v) is 1.60. The topological polar surface area (TPSA) is 106 Å². The molecule has 0 aliphatic heterocycles. The third-order valence-electron chi connectivity index (χ3n) is 2.50. The molecule has 84 valence electrons. The van der Waals surface area contributed by atoms with Crippen molar-refractivity contribution in [3.63, 3.8) is 0 Å². The summed E-state index contributed by atoms with van der Waals surface area (Å²) >= 11 is 0. The Labute approximate surface area is 96.7 Å². The van der Waals surface area contributed by atoms with E-state index in [0.717, 1.165) is 11.3 Å². The molecule has 0 aliphatic carbocycles. The van der Waals surface area contributed by atoms with Gasteiger partial charge < -0.3 is 11.5 Å². The zero-order valence-electron chi connectivity index (χ0n) is 8.88. The number of nitrogen functional groups attached to an aromatic ring is 2. The summed E-state index contributed by atoms with van der Waals surface area (Å²) in [4.78, 5) is 8.60. The number of H-pyrrole nitrogens is 1. The molecule has 5 N–H and O–H groups in total. The van der Waals surface area contributed by atoms with Gasteiger partial charge in [0.05, 0.1) is 11.9 Å². The van der Waals surface area contributed by atoms with E-state index in [1.165, 1.54) is 0 Å². The Morgan fingerprint density at radius 2 is 1.82 bits per heavy atom. The van der Waals surface area contributed by atoms with Crippen molar-refractivity contribution in [3.8, 4) is 11.3 Å². The number of aromatic nitrogens is 4. The first-order chi connectivity index (χ1) is 8.24. The maximum absolute atomic E-state index is 5.71. The van der Waals surface area contributed by atoms with Gasteiger partial charge in [-0.25, -0.2) is 9.97 Å². The van der Waals surface area contributed by atoms with Crippen LogP contribution in [0.3, 0.4) is 0 Å². The van der Waals surface area contributed by atoms with Gasteiger partial charge in [-0.1, -0.05) is 12.1 Å². The number of aromatic amines is 1. The molecule has 0 fully saturated rings. The second-order valence-electron chi connectivity index (χ2n) is 3.69. The predicted octanol–water partition coefficient (Wildman–Crippen LogP) is 1.18. The lowest BCUT2D eigenvalue weighted by atomic mass is 10.1. The molecule has 1 aromatic carbocycles. The van der Waals surface area contributed by atoms with Crippen LogP contribution < -0.4 is 11.5 Å². The summed E-state index contributed by atoms with van der Waals surface area (Å²) in [6.45, 7) is 0. The molecule has 0 unspecified atom stereocenters. The van der Waals surface area contributed by atoms with Crippen LogP contribution in [0.1, 0.15) is 0 Å². The average Bonchev–Trinajstić information content (AvgIpc) is 2.72. The van der Waals surface area contributed by atoms with Crippen molar-refractivity contribution in [3.05, 3.63) is 30.5 Å². The molecule has 0 radical (unpaired) electrons. The van der Waals surface area contributed by atoms with Crippen LogP contribution in [0.2, 0.25) is 0 Å². The van der Waals surface area contributed by atoms with Crippen molar-refractivity contribution in [1.82, 2.24) is 20.2 Å². The van der Waals surface area contributed by atoms with Gasteiger partial charge in [0.25, 0.3) is 0 Å². The van der Waals surface area contributed by atoms with Crippen LogP contribution in [0.5, 0.6) is 0 Å². The highest BCUT2D eigenvalue weighted by molar-refractivity contribution is 5.83. The smallest absolute Gasteiger partial charge is 0.201 e. The van der Waals surface area contributed by atoms with E-state index < -0.39 is 0 Å². The quantitative estimate of drug-likeness (QED) is 0.540. The van der Waals surface area contributed by atoms with Gasteiger partial charge in [0.2, 0.25) is 5.65 Å². The minimum absolute atomic E-state index is 0.421. The van der Waals surface area contributed by atoms with Gasteiger partial charge >= 0.3 is 0 Å². The second-order valence-corrected chi connectivity index (χ2v) is 3.69. The van der Waals surface area contributed by atoms with E-state index in [1.807, 2.05) is 24.3 Å². The summed E-state index contributed by atoms with van der Waals surface area (Å²) in [7, 11) is 0. The molecule has 3 rings (SSSR count). The molecular formula is C11H10N6. The Balaban J connectivity index is 2.17. The van der Waals surface area contributed by atoms with Crippen molar-refractivity contribution in [1.29, 1.82) is 0 Å². The van der Waals surface area contributed by atoms with Gasteiger partial charge in [-0.2, -0.15) is 5.10 Å². The van der Waals surface area contributed by atoms with Crippen LogP contribution in [0.25, 0.3) is 22.4 Å². The van der Waals surface area contributed by atoms with Gasteiger partial charge in [-0.15, -0.1) is 0 Å². The van der Waals surface area contributed by atoms with Gasteiger partial charge in [-0.05, 0) is 12.1 Å². The summed E-state index contributed by atoms with van der Waals surface area (Å²) in [5, 5.41) is 6.57. The third-order valence-corrected chi connectivity index (χ3v) is 2.50. The highest BCUT2D eigenvalue weighted by atomic mass is 15.2. The molecule has 0 aliphatic rings. The lowest BCUT2D eigenvalue weighted by molar-refractivity contribution is 1.10. The van der Waals surface area contributed by atoms with E-state index in [0.29, 0.717) is 22.7 Å². The summed E-state index contributed by atoms with van der Waals surface area (Å²) < 4.78 is 0. The highest BCUT2D eigenvalue weighted by Crippen LogP contribution is 2.21. The van der Waals surface area contributed by atoms with E-state index in [1.54, 1.807) is 6.20 Å². The maximum atomic E-state index is 5.71. The monoisotopic (exact) mass is 226 g/mol. The average molecular weight is 226 g/mol. The first-order valence-electron chi connectivity index (χ1n) is 5.06. The molecule has 0 saturated carbocycles. The van der Waals surface area contributed by atoms with Crippen LogP contribution >= 0.6 is 0 Å². The number of nitrogens with zero attached hydrogens (tertiary/aromatic N) is 3. The largest absolute Gasteiger partial charge is 0.399 e. The van der Waals surface area contributed by atoms with Gasteiger partial charge in [0, 0.05) is 11.3 Å². The molecule has 0 spiro atoms. The van der Waals surface area contributed by atoms with Crippen molar-refractivity contribution in [2.75, 3.05) is 11.5 Å². The molecule has 2 aromatic heterocycles. The maximum Gasteiger partial charge on any atom is 0.201 e. The molecule has 6 nitrogen and oxygen atoms in total. The summed E-state index contributed by atoms with van der Waals surface area (Å²) in [5.41, 5.74) is 14.8. The number of benzene rings is 1. The van der Waals surface area contributed by atoms with E-state index in [2.05, 4.69) is 20.2 Å². The van der Waals surface area contributed by atoms with E-state index in [4.69, 9.17) is 11.5 Å². The lowest BCUT2D eigenvalue weighted by Gasteiger charge is -2.00. The fourth-order valence-electron chi connectivity index (χ4n) is 1.60. The number of hydrogen-bond acceptors (Lipinski definition) is 5. The number of rotatable bonds is 1. The van der Waals surface area contributed by atoms with Crippen LogP contribution in [-0.2, 0) is 0 Å². The van der Waals surface area contributed by atoms with Crippen LogP contribution in [-0.4, -0.2) is 20.2 Å². The molecule has 2 heterocycles. The first kappa shape index (κ1) is 9.59. The molecular weight excluding hydrogens is 216 g/mol. The number of fused-ring (bicyclic) bond motifs is 1. The lowest BCUT2D eigenvalue weighted by Crippen LogP contribution is -1.91. The molecule has 0 bridgehead atoms. The van der Waals surface area contributed by atoms with Gasteiger partial charge in [0.15, 0.2) is 5.52 Å². The molecule has 6 heteroatoms. The van der Waals surface area contributed by atoms with Crippen molar-refractivity contribution < 1.29 is 0 Å².